The summed E-state index contributed by atoms with van der Waals surface area (Å²) in [5, 5.41) is 2.45. The lowest BCUT2D eigenvalue weighted by Gasteiger charge is -2.18. The second-order valence-corrected chi connectivity index (χ2v) is 6.90. The number of sulfonamides is 1. The molecule has 0 aliphatic heterocycles. The summed E-state index contributed by atoms with van der Waals surface area (Å²) in [5.74, 6) is 0.779. The lowest BCUT2D eigenvalue weighted by atomic mass is 10.1. The van der Waals surface area contributed by atoms with Gasteiger partial charge in [0.15, 0.2) is 0 Å². The molecule has 2 N–H and O–H groups in total. The number of amides is 1. The van der Waals surface area contributed by atoms with E-state index in [1.807, 2.05) is 0 Å². The molecule has 25 heavy (non-hydrogen) atoms. The molecule has 130 valence electrons. The van der Waals surface area contributed by atoms with Gasteiger partial charge >= 0.3 is 0 Å². The lowest BCUT2D eigenvalue weighted by molar-refractivity contribution is -0.122. The lowest BCUT2D eigenvalue weighted by Crippen LogP contribution is -2.48. The summed E-state index contributed by atoms with van der Waals surface area (Å²) in [6.07, 6.45) is 5.22. The summed E-state index contributed by atoms with van der Waals surface area (Å²) in [5.41, 5.74) is 0.750. The smallest absolute Gasteiger partial charge is 0.244 e. The number of rotatable bonds is 7. The Balaban J connectivity index is 2.27. The minimum Gasteiger partial charge on any atom is -0.344 e. The van der Waals surface area contributed by atoms with Gasteiger partial charge < -0.3 is 5.32 Å². The molecule has 0 radical (unpaired) electrons. The van der Waals surface area contributed by atoms with E-state index in [0.717, 1.165) is 17.7 Å². The standard InChI is InChI=1S/C18H17FN2O3S/c1-2-12-20-18(22)16(13-14-8-4-3-5-9-14)21-25(23,24)17-11-7-6-10-15(17)19/h1,3-11,16,21H,12-13H2,(H,20,22)/t16-/m0/s1. The monoisotopic (exact) mass is 360 g/mol. The number of benzene rings is 2. The molecule has 1 atom stereocenters. The van der Waals surface area contributed by atoms with E-state index >= 15 is 0 Å². The summed E-state index contributed by atoms with van der Waals surface area (Å²) in [6, 6.07) is 12.7. The number of carbonyl (C=O) groups excluding carboxylic acids is 1. The molecule has 0 heterocycles. The normalized spacial score (nSPS) is 12.2. The van der Waals surface area contributed by atoms with Crippen molar-refractivity contribution in [1.29, 1.82) is 0 Å². The van der Waals surface area contributed by atoms with Crippen LogP contribution in [0.1, 0.15) is 5.56 Å². The predicted octanol–water partition coefficient (Wildman–Crippen LogP) is 1.46. The van der Waals surface area contributed by atoms with E-state index in [4.69, 9.17) is 6.42 Å². The van der Waals surface area contributed by atoms with E-state index in [2.05, 4.69) is 16.0 Å². The van der Waals surface area contributed by atoms with E-state index in [9.17, 15) is 17.6 Å². The van der Waals surface area contributed by atoms with Gasteiger partial charge in [0.05, 0.1) is 6.54 Å². The van der Waals surface area contributed by atoms with Crippen LogP contribution in [0.5, 0.6) is 0 Å². The highest BCUT2D eigenvalue weighted by atomic mass is 32.2. The fourth-order valence-corrected chi connectivity index (χ4v) is 3.49. The minimum atomic E-state index is -4.22. The van der Waals surface area contributed by atoms with Crippen LogP contribution in [-0.2, 0) is 21.2 Å². The van der Waals surface area contributed by atoms with Gasteiger partial charge in [0, 0.05) is 0 Å². The summed E-state index contributed by atoms with van der Waals surface area (Å²) >= 11 is 0. The zero-order chi connectivity index (χ0) is 18.3. The number of terminal acetylenes is 1. The first-order valence-corrected chi connectivity index (χ1v) is 8.94. The predicted molar refractivity (Wildman–Crippen MR) is 92.5 cm³/mol. The van der Waals surface area contributed by atoms with E-state index in [1.165, 1.54) is 12.1 Å². The van der Waals surface area contributed by atoms with Crippen LogP contribution in [0.15, 0.2) is 59.5 Å². The molecule has 2 aromatic carbocycles. The summed E-state index contributed by atoms with van der Waals surface area (Å²) in [7, 11) is -4.22. The van der Waals surface area contributed by atoms with E-state index in [0.29, 0.717) is 0 Å². The van der Waals surface area contributed by atoms with Gasteiger partial charge in [0.2, 0.25) is 15.9 Å². The number of nitrogens with one attached hydrogen (secondary N) is 2. The van der Waals surface area contributed by atoms with Crippen molar-refractivity contribution in [3.8, 4) is 12.3 Å². The molecular formula is C18H17FN2O3S. The Labute approximate surface area is 146 Å². The van der Waals surface area contributed by atoms with Crippen LogP contribution in [0.3, 0.4) is 0 Å². The van der Waals surface area contributed by atoms with Gasteiger partial charge in [-0.15, -0.1) is 6.42 Å². The number of hydrogen-bond donors (Lipinski definition) is 2. The second-order valence-electron chi connectivity index (χ2n) is 5.22. The molecule has 0 fully saturated rings. The Kier molecular flexibility index (Phi) is 6.28. The highest BCUT2D eigenvalue weighted by molar-refractivity contribution is 7.89. The first-order chi connectivity index (χ1) is 11.9. The molecule has 0 saturated heterocycles. The maximum Gasteiger partial charge on any atom is 0.244 e. The zero-order valence-corrected chi connectivity index (χ0v) is 14.1. The van der Waals surface area contributed by atoms with Crippen LogP contribution in [0, 0.1) is 18.2 Å². The van der Waals surface area contributed by atoms with E-state index in [1.54, 1.807) is 30.3 Å². The van der Waals surface area contributed by atoms with Gasteiger partial charge in [-0.05, 0) is 24.1 Å². The minimum absolute atomic E-state index is 0.0362. The van der Waals surface area contributed by atoms with Gasteiger partial charge in [0.1, 0.15) is 16.8 Å². The van der Waals surface area contributed by atoms with Crippen molar-refractivity contribution in [2.45, 2.75) is 17.4 Å². The Morgan fingerprint density at radius 2 is 1.76 bits per heavy atom. The number of halogens is 1. The summed E-state index contributed by atoms with van der Waals surface area (Å²) in [4.78, 5) is 11.8. The Bertz CT molecular complexity index is 877. The second kappa shape index (κ2) is 8.42. The Morgan fingerprint density at radius 3 is 2.40 bits per heavy atom. The fraction of sp³-hybridized carbons (Fsp3) is 0.167. The van der Waals surface area contributed by atoms with Crippen molar-refractivity contribution < 1.29 is 17.6 Å². The third-order valence-electron chi connectivity index (χ3n) is 3.39. The molecule has 0 aliphatic rings. The fourth-order valence-electron chi connectivity index (χ4n) is 2.21. The van der Waals surface area contributed by atoms with Crippen molar-refractivity contribution in [3.63, 3.8) is 0 Å². The molecule has 1 amide bonds. The van der Waals surface area contributed by atoms with Gasteiger partial charge in [-0.3, -0.25) is 4.79 Å². The summed E-state index contributed by atoms with van der Waals surface area (Å²) < 4.78 is 41.0. The average Bonchev–Trinajstić information content (AvgIpc) is 2.60. The first-order valence-electron chi connectivity index (χ1n) is 7.46. The zero-order valence-electron chi connectivity index (χ0n) is 13.3. The van der Waals surface area contributed by atoms with Crippen LogP contribution >= 0.6 is 0 Å². The van der Waals surface area contributed by atoms with Crippen LogP contribution in [-0.4, -0.2) is 26.9 Å². The maximum absolute atomic E-state index is 13.8. The highest BCUT2D eigenvalue weighted by Crippen LogP contribution is 2.15. The number of hydrogen-bond acceptors (Lipinski definition) is 3. The van der Waals surface area contributed by atoms with Crippen molar-refractivity contribution >= 4 is 15.9 Å². The molecule has 5 nitrogen and oxygen atoms in total. The Hall–Kier alpha value is -2.69. The van der Waals surface area contributed by atoms with E-state index in [-0.39, 0.29) is 13.0 Å². The van der Waals surface area contributed by atoms with E-state index < -0.39 is 32.7 Å². The van der Waals surface area contributed by atoms with Gasteiger partial charge in [-0.1, -0.05) is 48.4 Å². The van der Waals surface area contributed by atoms with Crippen molar-refractivity contribution in [3.05, 3.63) is 66.0 Å². The summed E-state index contributed by atoms with van der Waals surface area (Å²) in [6.45, 7) is -0.0362. The van der Waals surface area contributed by atoms with Gasteiger partial charge in [-0.25, -0.2) is 12.8 Å². The topological polar surface area (TPSA) is 75.3 Å². The molecule has 0 saturated carbocycles. The third-order valence-corrected chi connectivity index (χ3v) is 4.89. The highest BCUT2D eigenvalue weighted by Gasteiger charge is 2.27. The Morgan fingerprint density at radius 1 is 1.12 bits per heavy atom. The average molecular weight is 360 g/mol. The van der Waals surface area contributed by atoms with Crippen molar-refractivity contribution in [2.24, 2.45) is 0 Å². The first kappa shape index (κ1) is 18.6. The molecule has 0 aromatic heterocycles. The largest absolute Gasteiger partial charge is 0.344 e. The molecule has 2 aromatic rings. The van der Waals surface area contributed by atoms with Crippen LogP contribution in [0.4, 0.5) is 4.39 Å². The van der Waals surface area contributed by atoms with Gasteiger partial charge in [0.25, 0.3) is 0 Å². The molecule has 0 spiro atoms. The van der Waals surface area contributed by atoms with Gasteiger partial charge in [-0.2, -0.15) is 4.72 Å². The quantitative estimate of drug-likeness (QED) is 0.734. The molecule has 7 heteroatoms. The van der Waals surface area contributed by atoms with Crippen molar-refractivity contribution in [1.82, 2.24) is 10.0 Å². The molecule has 0 aliphatic carbocycles. The van der Waals surface area contributed by atoms with Crippen molar-refractivity contribution in [2.75, 3.05) is 6.54 Å². The molecule has 0 bridgehead atoms. The SMILES string of the molecule is C#CCNC(=O)[C@H](Cc1ccccc1)NS(=O)(=O)c1ccccc1F. The number of carbonyl (C=O) groups is 1. The molecular weight excluding hydrogens is 343 g/mol. The van der Waals surface area contributed by atoms with Crippen LogP contribution in [0.2, 0.25) is 0 Å². The molecule has 2 rings (SSSR count). The molecule has 0 unspecified atom stereocenters. The maximum atomic E-state index is 13.8. The van der Waals surface area contributed by atoms with Crippen LogP contribution < -0.4 is 10.0 Å². The van der Waals surface area contributed by atoms with Crippen LogP contribution in [0.25, 0.3) is 0 Å². The third kappa shape index (κ3) is 5.14.